The zero-order valence-electron chi connectivity index (χ0n) is 9.93. The Bertz CT molecular complexity index is 527. The second kappa shape index (κ2) is 7.28. The van der Waals surface area contributed by atoms with Gasteiger partial charge in [0.05, 0.1) is 11.0 Å². The number of nitriles is 1. The first kappa shape index (κ1) is 14.9. The molecule has 7 nitrogen and oxygen atoms in total. The van der Waals surface area contributed by atoms with Gasteiger partial charge in [-0.15, -0.1) is 0 Å². The largest absolute Gasteiger partial charge is 0.352 e. The number of unbranched alkanes of at least 4 members (excludes halogenated alkanes) is 2. The van der Waals surface area contributed by atoms with E-state index in [-0.39, 0.29) is 16.4 Å². The Labute approximate surface area is 114 Å². The number of nitrogens with zero attached hydrogens (tertiary/aromatic N) is 3. The Balaban J connectivity index is 2.68. The van der Waals surface area contributed by atoms with Gasteiger partial charge in [0.25, 0.3) is 11.6 Å². The third-order valence-corrected chi connectivity index (χ3v) is 2.50. The number of hydrogen-bond donors (Lipinski definition) is 1. The van der Waals surface area contributed by atoms with Crippen molar-refractivity contribution in [2.24, 2.45) is 0 Å². The number of amides is 1. The van der Waals surface area contributed by atoms with Crippen LogP contribution in [0.25, 0.3) is 0 Å². The van der Waals surface area contributed by atoms with Gasteiger partial charge in [0.2, 0.25) is 0 Å². The molecule has 0 aliphatic rings. The molecular formula is C11H11ClN4O3. The van der Waals surface area contributed by atoms with Gasteiger partial charge in [-0.1, -0.05) is 11.6 Å². The number of carbonyl (C=O) groups is 1. The van der Waals surface area contributed by atoms with Crippen molar-refractivity contribution in [3.05, 3.63) is 33.1 Å². The van der Waals surface area contributed by atoms with E-state index in [2.05, 4.69) is 10.3 Å². The molecule has 1 N–H and O–H groups in total. The molecular weight excluding hydrogens is 272 g/mol. The lowest BCUT2D eigenvalue weighted by Gasteiger charge is -2.05. The van der Waals surface area contributed by atoms with Crippen molar-refractivity contribution in [1.82, 2.24) is 10.3 Å². The molecule has 1 heterocycles. The van der Waals surface area contributed by atoms with Gasteiger partial charge in [-0.05, 0) is 18.9 Å². The van der Waals surface area contributed by atoms with Crippen LogP contribution in [0.2, 0.25) is 5.15 Å². The summed E-state index contributed by atoms with van der Waals surface area (Å²) in [6, 6.07) is 3.15. The van der Waals surface area contributed by atoms with E-state index in [4.69, 9.17) is 16.9 Å². The molecule has 0 bridgehead atoms. The van der Waals surface area contributed by atoms with Crippen LogP contribution in [0, 0.1) is 21.4 Å². The van der Waals surface area contributed by atoms with Gasteiger partial charge in [0.1, 0.15) is 16.9 Å². The van der Waals surface area contributed by atoms with Crippen LogP contribution < -0.4 is 5.32 Å². The van der Waals surface area contributed by atoms with Crippen molar-refractivity contribution in [2.75, 3.05) is 6.54 Å². The molecule has 1 amide bonds. The van der Waals surface area contributed by atoms with Crippen LogP contribution in [0.15, 0.2) is 12.3 Å². The van der Waals surface area contributed by atoms with Crippen LogP contribution in [0.3, 0.4) is 0 Å². The van der Waals surface area contributed by atoms with Gasteiger partial charge in [-0.2, -0.15) is 5.26 Å². The minimum atomic E-state index is -0.687. The van der Waals surface area contributed by atoms with Gasteiger partial charge in [0.15, 0.2) is 0 Å². The van der Waals surface area contributed by atoms with E-state index in [1.807, 2.05) is 6.07 Å². The summed E-state index contributed by atoms with van der Waals surface area (Å²) >= 11 is 5.62. The average molecular weight is 283 g/mol. The molecule has 0 aliphatic heterocycles. The first-order chi connectivity index (χ1) is 9.06. The second-order valence-corrected chi connectivity index (χ2v) is 4.04. The second-order valence-electron chi connectivity index (χ2n) is 3.65. The van der Waals surface area contributed by atoms with Crippen molar-refractivity contribution in [2.45, 2.75) is 19.3 Å². The zero-order chi connectivity index (χ0) is 14.3. The standard InChI is InChI=1S/C11H11ClN4O3/c12-10-6-8(9(7-15-10)16(18)19)11(17)14-5-3-1-2-4-13/h6-7H,1-3,5H2,(H,14,17). The quantitative estimate of drug-likeness (QED) is 0.372. The van der Waals surface area contributed by atoms with Crippen molar-refractivity contribution < 1.29 is 9.72 Å². The fourth-order valence-corrected chi connectivity index (χ4v) is 1.53. The fourth-order valence-electron chi connectivity index (χ4n) is 1.38. The van der Waals surface area contributed by atoms with Crippen LogP contribution in [-0.2, 0) is 0 Å². The van der Waals surface area contributed by atoms with Crippen LogP contribution in [0.4, 0.5) is 5.69 Å². The maximum atomic E-state index is 11.8. The smallest absolute Gasteiger partial charge is 0.300 e. The number of halogens is 1. The highest BCUT2D eigenvalue weighted by atomic mass is 35.5. The zero-order valence-corrected chi connectivity index (χ0v) is 10.7. The minimum absolute atomic E-state index is 0.0141. The van der Waals surface area contributed by atoms with E-state index < -0.39 is 10.8 Å². The summed E-state index contributed by atoms with van der Waals surface area (Å²) in [4.78, 5) is 25.4. The average Bonchev–Trinajstić information content (AvgIpc) is 2.37. The number of nitro groups is 1. The summed E-state index contributed by atoms with van der Waals surface area (Å²) < 4.78 is 0. The first-order valence-electron chi connectivity index (χ1n) is 5.51. The highest BCUT2D eigenvalue weighted by Gasteiger charge is 2.20. The van der Waals surface area contributed by atoms with Gasteiger partial charge in [-0.3, -0.25) is 14.9 Å². The first-order valence-corrected chi connectivity index (χ1v) is 5.89. The molecule has 0 saturated heterocycles. The third kappa shape index (κ3) is 4.52. The SMILES string of the molecule is N#CCCCCNC(=O)c1cc(Cl)ncc1[N+](=O)[O-]. The minimum Gasteiger partial charge on any atom is -0.352 e. The van der Waals surface area contributed by atoms with Crippen LogP contribution in [0.5, 0.6) is 0 Å². The predicted molar refractivity (Wildman–Crippen MR) is 67.7 cm³/mol. The maximum absolute atomic E-state index is 11.8. The Hall–Kier alpha value is -2.20. The molecule has 0 spiro atoms. The predicted octanol–water partition coefficient (Wildman–Crippen LogP) is 2.07. The monoisotopic (exact) mass is 282 g/mol. The Kier molecular flexibility index (Phi) is 5.70. The number of nitrogens with one attached hydrogen (secondary N) is 1. The normalized spacial score (nSPS) is 9.68. The lowest BCUT2D eigenvalue weighted by molar-refractivity contribution is -0.385. The molecule has 1 aromatic heterocycles. The molecule has 19 heavy (non-hydrogen) atoms. The van der Waals surface area contributed by atoms with Crippen molar-refractivity contribution >= 4 is 23.2 Å². The van der Waals surface area contributed by atoms with Crippen LogP contribution in [-0.4, -0.2) is 22.4 Å². The molecule has 100 valence electrons. The maximum Gasteiger partial charge on any atom is 0.300 e. The molecule has 0 aromatic carbocycles. The number of aromatic nitrogens is 1. The summed E-state index contributed by atoms with van der Waals surface area (Å²) in [5, 5.41) is 21.7. The highest BCUT2D eigenvalue weighted by molar-refractivity contribution is 6.29. The summed E-state index contributed by atoms with van der Waals surface area (Å²) in [6.45, 7) is 0.345. The molecule has 0 aliphatic carbocycles. The highest BCUT2D eigenvalue weighted by Crippen LogP contribution is 2.20. The van der Waals surface area contributed by atoms with Crippen LogP contribution >= 0.6 is 11.6 Å². The number of pyridine rings is 1. The number of rotatable bonds is 6. The molecule has 0 fully saturated rings. The lowest BCUT2D eigenvalue weighted by Crippen LogP contribution is -2.25. The summed E-state index contributed by atoms with van der Waals surface area (Å²) in [7, 11) is 0. The molecule has 0 saturated carbocycles. The van der Waals surface area contributed by atoms with Crippen LogP contribution in [0.1, 0.15) is 29.6 Å². The number of hydrogen-bond acceptors (Lipinski definition) is 5. The molecule has 0 atom stereocenters. The Morgan fingerprint density at radius 3 is 2.95 bits per heavy atom. The molecule has 0 radical (unpaired) electrons. The van der Waals surface area contributed by atoms with E-state index in [0.717, 1.165) is 12.3 Å². The molecule has 1 aromatic rings. The topological polar surface area (TPSA) is 109 Å². The van der Waals surface area contributed by atoms with Gasteiger partial charge in [-0.25, -0.2) is 4.98 Å². The van der Waals surface area contributed by atoms with E-state index in [1.54, 1.807) is 0 Å². The van der Waals surface area contributed by atoms with Gasteiger partial charge < -0.3 is 5.32 Å². The molecule has 1 rings (SSSR count). The summed E-state index contributed by atoms with van der Waals surface area (Å²) in [5.41, 5.74) is -0.510. The Morgan fingerprint density at radius 1 is 1.58 bits per heavy atom. The number of carbonyl (C=O) groups excluding carboxylic acids is 1. The van der Waals surface area contributed by atoms with Gasteiger partial charge in [0, 0.05) is 13.0 Å². The summed E-state index contributed by atoms with van der Waals surface area (Å²) in [5.74, 6) is -0.576. The van der Waals surface area contributed by atoms with E-state index >= 15 is 0 Å². The van der Waals surface area contributed by atoms with Crippen molar-refractivity contribution in [1.29, 1.82) is 5.26 Å². The van der Waals surface area contributed by atoms with Gasteiger partial charge >= 0.3 is 0 Å². The fraction of sp³-hybridized carbons (Fsp3) is 0.364. The Morgan fingerprint density at radius 2 is 2.32 bits per heavy atom. The third-order valence-electron chi connectivity index (χ3n) is 2.29. The molecule has 8 heteroatoms. The molecule has 0 unspecified atom stereocenters. The summed E-state index contributed by atoms with van der Waals surface area (Å²) in [6.07, 6.45) is 2.66. The van der Waals surface area contributed by atoms with E-state index in [9.17, 15) is 14.9 Å². The van der Waals surface area contributed by atoms with E-state index in [0.29, 0.717) is 25.8 Å². The lowest BCUT2D eigenvalue weighted by atomic mass is 10.2. The van der Waals surface area contributed by atoms with Crippen molar-refractivity contribution in [3.8, 4) is 6.07 Å². The van der Waals surface area contributed by atoms with Crippen molar-refractivity contribution in [3.63, 3.8) is 0 Å². The van der Waals surface area contributed by atoms with E-state index in [1.165, 1.54) is 0 Å².